The van der Waals surface area contributed by atoms with Crippen LogP contribution in [-0.2, 0) is 11.3 Å². The first-order valence-corrected chi connectivity index (χ1v) is 6.02. The van der Waals surface area contributed by atoms with Crippen LogP contribution >= 0.6 is 0 Å². The van der Waals surface area contributed by atoms with Crippen LogP contribution in [0.1, 0.15) is 36.5 Å². The molecule has 0 spiro atoms. The van der Waals surface area contributed by atoms with E-state index in [0.717, 1.165) is 5.69 Å². The van der Waals surface area contributed by atoms with Gasteiger partial charge < -0.3 is 15.5 Å². The molecule has 7 heteroatoms. The summed E-state index contributed by atoms with van der Waals surface area (Å²) >= 11 is 0. The lowest BCUT2D eigenvalue weighted by atomic mass is 10.0. The van der Waals surface area contributed by atoms with Crippen LogP contribution in [0.25, 0.3) is 0 Å². The van der Waals surface area contributed by atoms with Crippen molar-refractivity contribution in [1.29, 1.82) is 0 Å². The van der Waals surface area contributed by atoms with Gasteiger partial charge in [0.1, 0.15) is 5.69 Å². The zero-order valence-electron chi connectivity index (χ0n) is 11.3. The lowest BCUT2D eigenvalue weighted by Crippen LogP contribution is -2.42. The molecule has 1 amide bonds. The first-order chi connectivity index (χ1) is 8.75. The molecule has 1 atom stereocenters. The van der Waals surface area contributed by atoms with Crippen LogP contribution in [0, 0.1) is 6.92 Å². The number of carboxylic acid groups (broad SMARTS) is 1. The number of aromatic nitrogens is 2. The zero-order valence-corrected chi connectivity index (χ0v) is 11.3. The number of nitrogens with one attached hydrogen (secondary N) is 1. The van der Waals surface area contributed by atoms with Crippen LogP contribution in [0.3, 0.4) is 0 Å². The molecule has 106 valence electrons. The van der Waals surface area contributed by atoms with E-state index in [2.05, 4.69) is 10.4 Å². The highest BCUT2D eigenvalue weighted by molar-refractivity contribution is 5.92. The Morgan fingerprint density at radius 3 is 2.68 bits per heavy atom. The number of aliphatic hydroxyl groups is 1. The minimum Gasteiger partial charge on any atom is -0.481 e. The van der Waals surface area contributed by atoms with E-state index in [4.69, 9.17) is 5.11 Å². The average Bonchev–Trinajstić information content (AvgIpc) is 2.66. The van der Waals surface area contributed by atoms with E-state index in [0.29, 0.717) is 12.2 Å². The van der Waals surface area contributed by atoms with E-state index in [9.17, 15) is 14.7 Å². The van der Waals surface area contributed by atoms with Crippen molar-refractivity contribution in [3.05, 3.63) is 17.5 Å². The summed E-state index contributed by atoms with van der Waals surface area (Å²) in [5.41, 5.74) is -0.358. The lowest BCUT2D eigenvalue weighted by molar-refractivity contribution is -0.141. The van der Waals surface area contributed by atoms with E-state index in [-0.39, 0.29) is 12.5 Å². The number of carbonyl (C=O) groups excluding carboxylic acids is 1. The maximum atomic E-state index is 11.9. The summed E-state index contributed by atoms with van der Waals surface area (Å²) in [4.78, 5) is 22.5. The van der Waals surface area contributed by atoms with Gasteiger partial charge in [-0.25, -0.2) is 0 Å². The van der Waals surface area contributed by atoms with Crippen molar-refractivity contribution in [1.82, 2.24) is 15.1 Å². The first-order valence-electron chi connectivity index (χ1n) is 6.02. The van der Waals surface area contributed by atoms with Gasteiger partial charge >= 0.3 is 5.97 Å². The third-order valence-corrected chi connectivity index (χ3v) is 2.60. The minimum atomic E-state index is -1.48. The number of aliphatic carboxylic acids is 1. The summed E-state index contributed by atoms with van der Waals surface area (Å²) in [5.74, 6) is -1.50. The third kappa shape index (κ3) is 4.36. The Hall–Kier alpha value is -1.89. The normalized spacial score (nSPS) is 13.9. The second-order valence-electron chi connectivity index (χ2n) is 4.74. The van der Waals surface area contributed by atoms with E-state index < -0.39 is 18.0 Å². The third-order valence-electron chi connectivity index (χ3n) is 2.60. The zero-order chi connectivity index (χ0) is 14.6. The van der Waals surface area contributed by atoms with Crippen LogP contribution in [0.15, 0.2) is 6.07 Å². The van der Waals surface area contributed by atoms with Crippen LogP contribution in [0.2, 0.25) is 0 Å². The number of hydrogen-bond acceptors (Lipinski definition) is 4. The standard InChI is InChI=1S/C12H19N3O4/c1-4-15-9(5-8(2)14-15)11(18)13-7-12(3,19)6-10(16)17/h5,19H,4,6-7H2,1-3H3,(H,13,18)(H,16,17). The quantitative estimate of drug-likeness (QED) is 0.682. The molecule has 19 heavy (non-hydrogen) atoms. The molecule has 0 radical (unpaired) electrons. The minimum absolute atomic E-state index is 0.133. The van der Waals surface area contributed by atoms with Gasteiger partial charge in [0, 0.05) is 13.1 Å². The molecule has 0 aliphatic rings. The Morgan fingerprint density at radius 1 is 1.53 bits per heavy atom. The van der Waals surface area contributed by atoms with E-state index in [1.165, 1.54) is 6.92 Å². The van der Waals surface area contributed by atoms with Crippen LogP contribution in [0.5, 0.6) is 0 Å². The van der Waals surface area contributed by atoms with Gasteiger partial charge in [-0.15, -0.1) is 0 Å². The van der Waals surface area contributed by atoms with E-state index in [1.807, 2.05) is 6.92 Å². The van der Waals surface area contributed by atoms with Crippen LogP contribution < -0.4 is 5.32 Å². The molecule has 0 aliphatic heterocycles. The molecule has 0 fully saturated rings. The Bertz CT molecular complexity index is 479. The molecular weight excluding hydrogens is 250 g/mol. The van der Waals surface area contributed by atoms with Gasteiger partial charge in [0.2, 0.25) is 0 Å². The maximum Gasteiger partial charge on any atom is 0.306 e. The molecule has 7 nitrogen and oxygen atoms in total. The highest BCUT2D eigenvalue weighted by Gasteiger charge is 2.25. The maximum absolute atomic E-state index is 11.9. The number of carbonyl (C=O) groups is 2. The molecule has 0 bridgehead atoms. The fourth-order valence-electron chi connectivity index (χ4n) is 1.72. The number of aryl methyl sites for hydroxylation is 2. The Morgan fingerprint density at radius 2 is 2.16 bits per heavy atom. The average molecular weight is 269 g/mol. The molecule has 1 aromatic rings. The topological polar surface area (TPSA) is 104 Å². The van der Waals surface area contributed by atoms with Crippen molar-refractivity contribution in [2.24, 2.45) is 0 Å². The fraction of sp³-hybridized carbons (Fsp3) is 0.583. The summed E-state index contributed by atoms with van der Waals surface area (Å²) in [6.07, 6.45) is -0.431. The van der Waals surface area contributed by atoms with Crippen molar-refractivity contribution in [2.45, 2.75) is 39.3 Å². The van der Waals surface area contributed by atoms with Gasteiger partial charge in [-0.05, 0) is 26.8 Å². The Balaban J connectivity index is 2.67. The number of amides is 1. The predicted octanol–water partition coefficient (Wildman–Crippen LogP) is 0.167. The molecule has 1 unspecified atom stereocenters. The van der Waals surface area contributed by atoms with Crippen molar-refractivity contribution < 1.29 is 19.8 Å². The molecule has 0 saturated carbocycles. The van der Waals surface area contributed by atoms with Crippen molar-refractivity contribution >= 4 is 11.9 Å². The summed E-state index contributed by atoms with van der Waals surface area (Å²) in [5, 5.41) is 25.1. The Labute approximate surface area is 111 Å². The highest BCUT2D eigenvalue weighted by Crippen LogP contribution is 2.09. The SMILES string of the molecule is CCn1nc(C)cc1C(=O)NCC(C)(O)CC(=O)O. The van der Waals surface area contributed by atoms with Crippen LogP contribution in [-0.4, -0.2) is 44.0 Å². The molecule has 0 aromatic carbocycles. The Kier molecular flexibility index (Phi) is 4.66. The van der Waals surface area contributed by atoms with Gasteiger partial charge in [-0.1, -0.05) is 0 Å². The smallest absolute Gasteiger partial charge is 0.306 e. The largest absolute Gasteiger partial charge is 0.481 e. The number of hydrogen-bond donors (Lipinski definition) is 3. The first kappa shape index (κ1) is 15.2. The summed E-state index contributed by atoms with van der Waals surface area (Å²) < 4.78 is 1.55. The highest BCUT2D eigenvalue weighted by atomic mass is 16.4. The molecule has 1 heterocycles. The monoisotopic (exact) mass is 269 g/mol. The second kappa shape index (κ2) is 5.83. The summed E-state index contributed by atoms with van der Waals surface area (Å²) in [6, 6.07) is 1.64. The van der Waals surface area contributed by atoms with Crippen LogP contribution in [0.4, 0.5) is 0 Å². The number of nitrogens with zero attached hydrogens (tertiary/aromatic N) is 2. The van der Waals surface area contributed by atoms with E-state index in [1.54, 1.807) is 17.7 Å². The fourth-order valence-corrected chi connectivity index (χ4v) is 1.72. The van der Waals surface area contributed by atoms with Gasteiger partial charge in [-0.2, -0.15) is 5.10 Å². The predicted molar refractivity (Wildman–Crippen MR) is 67.8 cm³/mol. The molecular formula is C12H19N3O4. The van der Waals surface area contributed by atoms with Gasteiger partial charge in [0.05, 0.1) is 17.7 Å². The number of carboxylic acids is 1. The van der Waals surface area contributed by atoms with Gasteiger partial charge in [-0.3, -0.25) is 14.3 Å². The van der Waals surface area contributed by atoms with Crippen molar-refractivity contribution in [3.8, 4) is 0 Å². The van der Waals surface area contributed by atoms with Crippen molar-refractivity contribution in [2.75, 3.05) is 6.54 Å². The molecule has 1 aromatic heterocycles. The summed E-state index contributed by atoms with van der Waals surface area (Å²) in [7, 11) is 0. The second-order valence-corrected chi connectivity index (χ2v) is 4.74. The van der Waals surface area contributed by atoms with Gasteiger partial charge in [0.15, 0.2) is 0 Å². The lowest BCUT2D eigenvalue weighted by Gasteiger charge is -2.21. The van der Waals surface area contributed by atoms with Gasteiger partial charge in [0.25, 0.3) is 5.91 Å². The molecule has 0 aliphatic carbocycles. The molecule has 3 N–H and O–H groups in total. The van der Waals surface area contributed by atoms with Crippen molar-refractivity contribution in [3.63, 3.8) is 0 Å². The van der Waals surface area contributed by atoms with E-state index >= 15 is 0 Å². The summed E-state index contributed by atoms with van der Waals surface area (Å²) in [6.45, 7) is 5.44. The molecule has 1 rings (SSSR count). The molecule has 0 saturated heterocycles. The number of rotatable bonds is 6.